The number of ether oxygens (including phenoxy) is 1. The van der Waals surface area contributed by atoms with Crippen molar-refractivity contribution in [2.24, 2.45) is 12.8 Å². The lowest BCUT2D eigenvalue weighted by Gasteiger charge is -2.15. The van der Waals surface area contributed by atoms with E-state index in [1.165, 1.54) is 19.4 Å². The Kier molecular flexibility index (Phi) is 3.54. The average molecular weight is 270 g/mol. The third-order valence-electron chi connectivity index (χ3n) is 2.78. The molecule has 0 aliphatic heterocycles. The predicted molar refractivity (Wildman–Crippen MR) is 67.2 cm³/mol. The van der Waals surface area contributed by atoms with Crippen molar-refractivity contribution in [2.75, 3.05) is 7.11 Å². The SMILES string of the molecule is COc1cnn(C)c1C(N)c1cccc(Cl)c1F. The molecule has 1 unspecified atom stereocenters. The van der Waals surface area contributed by atoms with Crippen molar-refractivity contribution in [3.05, 3.63) is 46.5 Å². The van der Waals surface area contributed by atoms with Gasteiger partial charge in [-0.05, 0) is 6.07 Å². The van der Waals surface area contributed by atoms with Gasteiger partial charge in [-0.2, -0.15) is 5.10 Å². The topological polar surface area (TPSA) is 53.1 Å². The van der Waals surface area contributed by atoms with Gasteiger partial charge in [0.05, 0.1) is 24.4 Å². The number of hydrogen-bond donors (Lipinski definition) is 1. The van der Waals surface area contributed by atoms with Crippen LogP contribution in [0.25, 0.3) is 0 Å². The molecule has 0 spiro atoms. The third kappa shape index (κ3) is 2.07. The Morgan fingerprint density at radius 1 is 1.50 bits per heavy atom. The van der Waals surface area contributed by atoms with Crippen molar-refractivity contribution in [1.29, 1.82) is 0 Å². The third-order valence-corrected chi connectivity index (χ3v) is 3.07. The highest BCUT2D eigenvalue weighted by atomic mass is 35.5. The van der Waals surface area contributed by atoms with Crippen LogP contribution in [-0.2, 0) is 7.05 Å². The highest BCUT2D eigenvalue weighted by Crippen LogP contribution is 2.30. The summed E-state index contributed by atoms with van der Waals surface area (Å²) in [6, 6.07) is 4.04. The molecule has 1 aromatic carbocycles. The Morgan fingerprint density at radius 2 is 2.22 bits per heavy atom. The molecule has 1 aromatic heterocycles. The van der Waals surface area contributed by atoms with E-state index >= 15 is 0 Å². The van der Waals surface area contributed by atoms with Gasteiger partial charge in [-0.25, -0.2) is 4.39 Å². The van der Waals surface area contributed by atoms with Crippen LogP contribution in [0, 0.1) is 5.82 Å². The Labute approximate surface area is 109 Å². The van der Waals surface area contributed by atoms with Crippen LogP contribution in [-0.4, -0.2) is 16.9 Å². The van der Waals surface area contributed by atoms with Crippen LogP contribution in [0.1, 0.15) is 17.3 Å². The molecule has 1 heterocycles. The lowest BCUT2D eigenvalue weighted by molar-refractivity contribution is 0.405. The van der Waals surface area contributed by atoms with Crippen LogP contribution in [0.4, 0.5) is 4.39 Å². The average Bonchev–Trinajstić information content (AvgIpc) is 2.73. The molecule has 96 valence electrons. The van der Waals surface area contributed by atoms with Gasteiger partial charge >= 0.3 is 0 Å². The Bertz CT molecular complexity index is 570. The van der Waals surface area contributed by atoms with Crippen molar-refractivity contribution in [3.8, 4) is 5.75 Å². The second-order valence-electron chi connectivity index (χ2n) is 3.84. The van der Waals surface area contributed by atoms with E-state index in [0.717, 1.165) is 0 Å². The smallest absolute Gasteiger partial charge is 0.161 e. The maximum atomic E-state index is 13.9. The molecule has 0 bridgehead atoms. The summed E-state index contributed by atoms with van der Waals surface area (Å²) in [5.41, 5.74) is 6.97. The zero-order valence-electron chi connectivity index (χ0n) is 10.0. The molecular weight excluding hydrogens is 257 g/mol. The second-order valence-corrected chi connectivity index (χ2v) is 4.25. The Morgan fingerprint density at radius 3 is 2.89 bits per heavy atom. The highest BCUT2D eigenvalue weighted by molar-refractivity contribution is 6.30. The normalized spacial score (nSPS) is 12.5. The number of methoxy groups -OCH3 is 1. The highest BCUT2D eigenvalue weighted by Gasteiger charge is 2.22. The molecule has 0 aliphatic carbocycles. The standard InChI is InChI=1S/C12H13ClFN3O/c1-17-12(9(18-2)6-16-17)11(15)7-4-3-5-8(13)10(7)14/h3-6,11H,15H2,1-2H3. The first kappa shape index (κ1) is 12.9. The minimum Gasteiger partial charge on any atom is -0.493 e. The number of benzene rings is 1. The molecule has 0 saturated carbocycles. The minimum absolute atomic E-state index is 0.0454. The van der Waals surface area contributed by atoms with E-state index in [2.05, 4.69) is 5.10 Å². The summed E-state index contributed by atoms with van der Waals surface area (Å²) in [6.45, 7) is 0. The minimum atomic E-state index is -0.689. The molecule has 0 amide bonds. The summed E-state index contributed by atoms with van der Waals surface area (Å²) in [7, 11) is 3.24. The molecule has 4 nitrogen and oxygen atoms in total. The van der Waals surface area contributed by atoms with E-state index in [0.29, 0.717) is 17.0 Å². The van der Waals surface area contributed by atoms with Gasteiger partial charge in [-0.1, -0.05) is 23.7 Å². The Hall–Kier alpha value is -1.59. The number of aryl methyl sites for hydroxylation is 1. The summed E-state index contributed by atoms with van der Waals surface area (Å²) < 4.78 is 20.6. The molecule has 0 aliphatic rings. The molecule has 0 radical (unpaired) electrons. The quantitative estimate of drug-likeness (QED) is 0.930. The molecule has 0 saturated heterocycles. The van der Waals surface area contributed by atoms with Crippen LogP contribution in [0.15, 0.2) is 24.4 Å². The van der Waals surface area contributed by atoms with Crippen molar-refractivity contribution >= 4 is 11.6 Å². The number of nitrogens with zero attached hydrogens (tertiary/aromatic N) is 2. The van der Waals surface area contributed by atoms with Gasteiger partial charge in [-0.3, -0.25) is 4.68 Å². The number of nitrogens with two attached hydrogens (primary N) is 1. The summed E-state index contributed by atoms with van der Waals surface area (Å²) in [4.78, 5) is 0. The maximum Gasteiger partial charge on any atom is 0.161 e. The summed E-state index contributed by atoms with van der Waals surface area (Å²) in [5.74, 6) is -0.000653. The van der Waals surface area contributed by atoms with Gasteiger partial charge in [0.2, 0.25) is 0 Å². The first-order valence-electron chi connectivity index (χ1n) is 5.31. The number of hydrogen-bond acceptors (Lipinski definition) is 3. The van der Waals surface area contributed by atoms with E-state index in [9.17, 15) is 4.39 Å². The van der Waals surface area contributed by atoms with E-state index in [4.69, 9.17) is 22.1 Å². The number of rotatable bonds is 3. The fourth-order valence-electron chi connectivity index (χ4n) is 1.85. The van der Waals surface area contributed by atoms with Crippen LogP contribution in [0.3, 0.4) is 0 Å². The molecule has 6 heteroatoms. The fourth-order valence-corrected chi connectivity index (χ4v) is 2.03. The first-order valence-corrected chi connectivity index (χ1v) is 5.69. The van der Waals surface area contributed by atoms with E-state index in [-0.39, 0.29) is 5.02 Å². The largest absolute Gasteiger partial charge is 0.493 e. The zero-order valence-corrected chi connectivity index (χ0v) is 10.8. The molecule has 18 heavy (non-hydrogen) atoms. The van der Waals surface area contributed by atoms with E-state index < -0.39 is 11.9 Å². The van der Waals surface area contributed by atoms with Gasteiger partial charge in [0.15, 0.2) is 5.75 Å². The van der Waals surface area contributed by atoms with Crippen molar-refractivity contribution in [2.45, 2.75) is 6.04 Å². The molecule has 1 atom stereocenters. The van der Waals surface area contributed by atoms with Crippen molar-refractivity contribution in [3.63, 3.8) is 0 Å². The zero-order chi connectivity index (χ0) is 13.3. The molecular formula is C12H13ClFN3O. The number of aromatic nitrogens is 2. The first-order chi connectivity index (χ1) is 8.56. The second kappa shape index (κ2) is 4.96. The van der Waals surface area contributed by atoms with Gasteiger partial charge < -0.3 is 10.5 Å². The summed E-state index contributed by atoms with van der Waals surface area (Å²) in [6.07, 6.45) is 1.54. The van der Waals surface area contributed by atoms with Gasteiger partial charge in [0, 0.05) is 12.6 Å². The van der Waals surface area contributed by atoms with Crippen LogP contribution in [0.2, 0.25) is 5.02 Å². The summed E-state index contributed by atoms with van der Waals surface area (Å²) >= 11 is 5.75. The van der Waals surface area contributed by atoms with Gasteiger partial charge in [0.1, 0.15) is 11.5 Å². The van der Waals surface area contributed by atoms with Crippen molar-refractivity contribution < 1.29 is 9.13 Å². The van der Waals surface area contributed by atoms with Crippen LogP contribution in [0.5, 0.6) is 5.75 Å². The lowest BCUT2D eigenvalue weighted by Crippen LogP contribution is -2.18. The fraction of sp³-hybridized carbons (Fsp3) is 0.250. The van der Waals surface area contributed by atoms with Gasteiger partial charge in [-0.15, -0.1) is 0 Å². The van der Waals surface area contributed by atoms with Crippen LogP contribution < -0.4 is 10.5 Å². The van der Waals surface area contributed by atoms with Crippen molar-refractivity contribution in [1.82, 2.24) is 9.78 Å². The van der Waals surface area contributed by atoms with E-state index in [1.807, 2.05) is 0 Å². The predicted octanol–water partition coefficient (Wildman–Crippen LogP) is 2.27. The maximum absolute atomic E-state index is 13.9. The van der Waals surface area contributed by atoms with E-state index in [1.54, 1.807) is 23.9 Å². The Balaban J connectivity index is 2.51. The molecule has 2 N–H and O–H groups in total. The van der Waals surface area contributed by atoms with Crippen LogP contribution >= 0.6 is 11.6 Å². The van der Waals surface area contributed by atoms with Gasteiger partial charge in [0.25, 0.3) is 0 Å². The molecule has 2 rings (SSSR count). The number of halogens is 2. The summed E-state index contributed by atoms with van der Waals surface area (Å²) in [5, 5.41) is 4.09. The lowest BCUT2D eigenvalue weighted by atomic mass is 10.0. The molecule has 2 aromatic rings. The molecule has 0 fully saturated rings. The monoisotopic (exact) mass is 269 g/mol.